The monoisotopic (exact) mass is 188 g/mol. The Kier molecular flexibility index (Phi) is 3.98. The van der Waals surface area contributed by atoms with Crippen LogP contribution >= 0.6 is 0 Å². The summed E-state index contributed by atoms with van der Waals surface area (Å²) in [6.07, 6.45) is 0.986. The molecule has 1 unspecified atom stereocenters. The van der Waals surface area contributed by atoms with Crippen molar-refractivity contribution in [2.75, 3.05) is 26.2 Å². The number of likely N-dealkylation sites (tertiary alicyclic amines) is 1. The van der Waals surface area contributed by atoms with E-state index in [1.54, 1.807) is 0 Å². The van der Waals surface area contributed by atoms with Crippen LogP contribution in [0.4, 0.5) is 4.79 Å². The topological polar surface area (TPSA) is 75.8 Å². The average molecular weight is 188 g/mol. The summed E-state index contributed by atoms with van der Waals surface area (Å²) >= 11 is 0. The molecule has 0 spiro atoms. The lowest BCUT2D eigenvalue weighted by Crippen LogP contribution is -2.42. The largest absolute Gasteiger partial charge is 0.465 e. The predicted octanol–water partition coefficient (Wildman–Crippen LogP) is 0.104. The molecule has 0 aromatic carbocycles. The number of hydrogen-bond acceptors (Lipinski definition) is 3. The molecule has 1 aliphatic rings. The SMILES string of the molecule is NCCOC1CCCN(C(=O)O)C1. The average Bonchev–Trinajstić information content (AvgIpc) is 2.15. The number of nitrogens with two attached hydrogens (primary N) is 1. The van der Waals surface area contributed by atoms with E-state index in [0.717, 1.165) is 12.8 Å². The summed E-state index contributed by atoms with van der Waals surface area (Å²) in [7, 11) is 0. The number of ether oxygens (including phenoxy) is 1. The zero-order valence-electron chi connectivity index (χ0n) is 7.61. The van der Waals surface area contributed by atoms with Gasteiger partial charge in [0.05, 0.1) is 19.3 Å². The number of piperidine rings is 1. The zero-order valence-corrected chi connectivity index (χ0v) is 7.61. The summed E-state index contributed by atoms with van der Waals surface area (Å²) in [5, 5.41) is 8.73. The molecule has 0 radical (unpaired) electrons. The first-order valence-corrected chi connectivity index (χ1v) is 4.53. The summed E-state index contributed by atoms with van der Waals surface area (Å²) in [6, 6.07) is 0. The molecule has 3 N–H and O–H groups in total. The van der Waals surface area contributed by atoms with Gasteiger partial charge < -0.3 is 20.5 Å². The molecule has 13 heavy (non-hydrogen) atoms. The molecule has 0 aromatic rings. The van der Waals surface area contributed by atoms with E-state index in [2.05, 4.69) is 0 Å². The molecule has 76 valence electrons. The molecule has 1 amide bonds. The maximum Gasteiger partial charge on any atom is 0.407 e. The van der Waals surface area contributed by atoms with E-state index >= 15 is 0 Å². The van der Waals surface area contributed by atoms with E-state index in [-0.39, 0.29) is 6.10 Å². The molecule has 0 aromatic heterocycles. The third-order valence-corrected chi connectivity index (χ3v) is 2.12. The maximum atomic E-state index is 10.6. The summed E-state index contributed by atoms with van der Waals surface area (Å²) < 4.78 is 5.38. The molecule has 1 fully saturated rings. The highest BCUT2D eigenvalue weighted by molar-refractivity contribution is 5.65. The van der Waals surface area contributed by atoms with Crippen LogP contribution in [0.1, 0.15) is 12.8 Å². The number of carboxylic acid groups (broad SMARTS) is 1. The summed E-state index contributed by atoms with van der Waals surface area (Å²) in [5.74, 6) is 0. The van der Waals surface area contributed by atoms with Crippen LogP contribution < -0.4 is 5.73 Å². The van der Waals surface area contributed by atoms with E-state index in [9.17, 15) is 4.79 Å². The van der Waals surface area contributed by atoms with Crippen molar-refractivity contribution in [3.63, 3.8) is 0 Å². The Bertz CT molecular complexity index is 175. The van der Waals surface area contributed by atoms with E-state index in [1.165, 1.54) is 4.90 Å². The fraction of sp³-hybridized carbons (Fsp3) is 0.875. The summed E-state index contributed by atoms with van der Waals surface area (Å²) in [6.45, 7) is 2.11. The highest BCUT2D eigenvalue weighted by atomic mass is 16.5. The van der Waals surface area contributed by atoms with Crippen molar-refractivity contribution < 1.29 is 14.6 Å². The maximum absolute atomic E-state index is 10.6. The first kappa shape index (κ1) is 10.3. The van der Waals surface area contributed by atoms with E-state index in [4.69, 9.17) is 15.6 Å². The molecule has 0 aliphatic carbocycles. The molecule has 5 heteroatoms. The van der Waals surface area contributed by atoms with Crippen molar-refractivity contribution in [2.45, 2.75) is 18.9 Å². The Hall–Kier alpha value is -0.810. The summed E-state index contributed by atoms with van der Waals surface area (Å²) in [4.78, 5) is 12.0. The van der Waals surface area contributed by atoms with Crippen molar-refractivity contribution in [1.29, 1.82) is 0 Å². The molecule has 1 aliphatic heterocycles. The second kappa shape index (κ2) is 5.04. The van der Waals surface area contributed by atoms with Gasteiger partial charge in [-0.25, -0.2) is 4.79 Å². The van der Waals surface area contributed by atoms with Crippen molar-refractivity contribution >= 4 is 6.09 Å². The van der Waals surface area contributed by atoms with Gasteiger partial charge in [0.1, 0.15) is 0 Å². The molecular formula is C8H16N2O3. The fourth-order valence-corrected chi connectivity index (χ4v) is 1.48. The molecule has 0 saturated carbocycles. The van der Waals surface area contributed by atoms with Gasteiger partial charge in [0.2, 0.25) is 0 Å². The van der Waals surface area contributed by atoms with Gasteiger partial charge in [-0.05, 0) is 12.8 Å². The van der Waals surface area contributed by atoms with Crippen LogP contribution in [-0.2, 0) is 4.74 Å². The molecule has 1 atom stereocenters. The van der Waals surface area contributed by atoms with E-state index in [0.29, 0.717) is 26.2 Å². The number of carbonyl (C=O) groups is 1. The van der Waals surface area contributed by atoms with Crippen molar-refractivity contribution in [3.8, 4) is 0 Å². The van der Waals surface area contributed by atoms with Crippen LogP contribution in [0.5, 0.6) is 0 Å². The lowest BCUT2D eigenvalue weighted by atomic mass is 10.1. The van der Waals surface area contributed by atoms with Crippen LogP contribution in [0.25, 0.3) is 0 Å². The highest BCUT2D eigenvalue weighted by Crippen LogP contribution is 2.12. The fourth-order valence-electron chi connectivity index (χ4n) is 1.48. The Labute approximate surface area is 77.5 Å². The number of rotatable bonds is 3. The van der Waals surface area contributed by atoms with Gasteiger partial charge in [0, 0.05) is 13.1 Å². The van der Waals surface area contributed by atoms with Crippen molar-refractivity contribution in [2.24, 2.45) is 5.73 Å². The second-order valence-corrected chi connectivity index (χ2v) is 3.15. The molecule has 1 heterocycles. The predicted molar refractivity (Wildman–Crippen MR) is 47.6 cm³/mol. The standard InChI is InChI=1S/C8H16N2O3/c9-3-5-13-7-2-1-4-10(6-7)8(11)12/h7H,1-6,9H2,(H,11,12). The van der Waals surface area contributed by atoms with Gasteiger partial charge >= 0.3 is 6.09 Å². The smallest absolute Gasteiger partial charge is 0.407 e. The van der Waals surface area contributed by atoms with E-state index < -0.39 is 6.09 Å². The zero-order chi connectivity index (χ0) is 9.68. The van der Waals surface area contributed by atoms with Gasteiger partial charge in [0.15, 0.2) is 0 Å². The first-order valence-electron chi connectivity index (χ1n) is 4.53. The highest BCUT2D eigenvalue weighted by Gasteiger charge is 2.23. The van der Waals surface area contributed by atoms with Gasteiger partial charge in [-0.3, -0.25) is 0 Å². The lowest BCUT2D eigenvalue weighted by molar-refractivity contribution is 0.00680. The van der Waals surface area contributed by atoms with Crippen molar-refractivity contribution in [1.82, 2.24) is 4.90 Å². The lowest BCUT2D eigenvalue weighted by Gasteiger charge is -2.30. The van der Waals surface area contributed by atoms with Crippen LogP contribution in [0.3, 0.4) is 0 Å². The molecule has 1 saturated heterocycles. The Morgan fingerprint density at radius 3 is 3.08 bits per heavy atom. The third kappa shape index (κ3) is 3.20. The second-order valence-electron chi connectivity index (χ2n) is 3.15. The van der Waals surface area contributed by atoms with Gasteiger partial charge in [-0.1, -0.05) is 0 Å². The van der Waals surface area contributed by atoms with Gasteiger partial charge in [0.25, 0.3) is 0 Å². The van der Waals surface area contributed by atoms with Gasteiger partial charge in [-0.15, -0.1) is 0 Å². The molecule has 1 rings (SSSR count). The van der Waals surface area contributed by atoms with E-state index in [1.807, 2.05) is 0 Å². The summed E-state index contributed by atoms with van der Waals surface area (Å²) in [5.41, 5.74) is 5.29. The van der Waals surface area contributed by atoms with Gasteiger partial charge in [-0.2, -0.15) is 0 Å². The number of hydrogen-bond donors (Lipinski definition) is 2. The molecule has 5 nitrogen and oxygen atoms in total. The Morgan fingerprint density at radius 1 is 1.69 bits per heavy atom. The minimum absolute atomic E-state index is 0.0356. The van der Waals surface area contributed by atoms with Crippen molar-refractivity contribution in [3.05, 3.63) is 0 Å². The van der Waals surface area contributed by atoms with Crippen LogP contribution in [-0.4, -0.2) is 48.4 Å². The Balaban J connectivity index is 2.29. The molecule has 0 bridgehead atoms. The normalized spacial score (nSPS) is 23.2. The quantitative estimate of drug-likeness (QED) is 0.658. The minimum Gasteiger partial charge on any atom is -0.465 e. The third-order valence-electron chi connectivity index (χ3n) is 2.12. The van der Waals surface area contributed by atoms with Crippen LogP contribution in [0.15, 0.2) is 0 Å². The molecular weight excluding hydrogens is 172 g/mol. The first-order chi connectivity index (χ1) is 6.24. The Morgan fingerprint density at radius 2 is 2.46 bits per heavy atom. The minimum atomic E-state index is -0.860. The van der Waals surface area contributed by atoms with Crippen LogP contribution in [0.2, 0.25) is 0 Å². The number of amides is 1. The van der Waals surface area contributed by atoms with Crippen LogP contribution in [0, 0.1) is 0 Å². The number of nitrogens with zero attached hydrogens (tertiary/aromatic N) is 1.